The van der Waals surface area contributed by atoms with Gasteiger partial charge in [0.1, 0.15) is 5.76 Å². The van der Waals surface area contributed by atoms with E-state index in [0.29, 0.717) is 11.8 Å². The zero-order valence-corrected chi connectivity index (χ0v) is 17.2. The van der Waals surface area contributed by atoms with E-state index in [4.69, 9.17) is 4.42 Å². The molecule has 1 aromatic rings. The van der Waals surface area contributed by atoms with Gasteiger partial charge in [-0.15, -0.1) is 0 Å². The Hall–Kier alpha value is -1.37. The summed E-state index contributed by atoms with van der Waals surface area (Å²) >= 11 is 0. The maximum Gasteiger partial charge on any atom is 0.289 e. The minimum absolute atomic E-state index is 0.0320. The van der Waals surface area contributed by atoms with Gasteiger partial charge in [-0.25, -0.2) is 0 Å². The summed E-state index contributed by atoms with van der Waals surface area (Å²) in [6.07, 6.45) is 7.48. The highest BCUT2D eigenvalue weighted by Crippen LogP contribution is 2.27. The van der Waals surface area contributed by atoms with Gasteiger partial charge in [-0.05, 0) is 70.7 Å². The molecular formula is C22H35N3O3. The predicted octanol–water partition coefficient (Wildman–Crippen LogP) is 2.89. The third-order valence-corrected chi connectivity index (χ3v) is 6.95. The van der Waals surface area contributed by atoms with Crippen LogP contribution in [0, 0.1) is 0 Å². The second-order valence-electron chi connectivity index (χ2n) is 8.77. The Morgan fingerprint density at radius 2 is 1.68 bits per heavy atom. The summed E-state index contributed by atoms with van der Waals surface area (Å²) in [6.45, 7) is 7.96. The van der Waals surface area contributed by atoms with Gasteiger partial charge in [0.05, 0.1) is 12.1 Å². The van der Waals surface area contributed by atoms with E-state index in [2.05, 4.69) is 16.7 Å². The molecule has 0 unspecified atom stereocenters. The smallest absolute Gasteiger partial charge is 0.289 e. The Bertz CT molecular complexity index is 639. The average Bonchev–Trinajstić information content (AvgIpc) is 3.24. The first-order valence-electron chi connectivity index (χ1n) is 11.2. The molecule has 1 N–H and O–H groups in total. The van der Waals surface area contributed by atoms with Crippen LogP contribution in [0.1, 0.15) is 74.2 Å². The molecular weight excluding hydrogens is 354 g/mol. The minimum atomic E-state index is -0.126. The summed E-state index contributed by atoms with van der Waals surface area (Å²) in [6, 6.07) is 4.62. The first kappa shape index (κ1) is 19.9. The maximum atomic E-state index is 12.9. The molecule has 6 nitrogen and oxygen atoms in total. The predicted molar refractivity (Wildman–Crippen MR) is 108 cm³/mol. The Labute approximate surface area is 168 Å². The molecule has 6 heteroatoms. The molecule has 0 bridgehead atoms. The lowest BCUT2D eigenvalue weighted by molar-refractivity contribution is 0.0345. The van der Waals surface area contributed by atoms with Crippen molar-refractivity contribution in [2.75, 3.05) is 39.3 Å². The van der Waals surface area contributed by atoms with Gasteiger partial charge in [0, 0.05) is 32.2 Å². The van der Waals surface area contributed by atoms with E-state index >= 15 is 0 Å². The molecule has 0 aliphatic carbocycles. The summed E-state index contributed by atoms with van der Waals surface area (Å²) in [4.78, 5) is 19.8. The zero-order chi connectivity index (χ0) is 19.5. The molecule has 4 heterocycles. The van der Waals surface area contributed by atoms with E-state index in [1.54, 1.807) is 0 Å². The van der Waals surface area contributed by atoms with Gasteiger partial charge < -0.3 is 19.3 Å². The van der Waals surface area contributed by atoms with Crippen molar-refractivity contribution in [2.45, 2.75) is 70.1 Å². The number of carbonyl (C=O) groups is 1. The van der Waals surface area contributed by atoms with E-state index in [9.17, 15) is 9.90 Å². The molecule has 3 saturated heterocycles. The SMILES string of the molecule is C[C@@H](c1ccc(C(=O)N2CCC(N3CCC(O)CC3)CC2)o1)N1CCCCC1. The fourth-order valence-electron chi connectivity index (χ4n) is 5.02. The highest BCUT2D eigenvalue weighted by molar-refractivity contribution is 5.91. The summed E-state index contributed by atoms with van der Waals surface area (Å²) in [7, 11) is 0. The van der Waals surface area contributed by atoms with Crippen molar-refractivity contribution in [3.8, 4) is 0 Å². The molecule has 28 heavy (non-hydrogen) atoms. The van der Waals surface area contributed by atoms with Crippen LogP contribution in [0.5, 0.6) is 0 Å². The van der Waals surface area contributed by atoms with Gasteiger partial charge >= 0.3 is 0 Å². The first-order valence-corrected chi connectivity index (χ1v) is 11.2. The lowest BCUT2D eigenvalue weighted by atomic mass is 9.99. The number of hydrogen-bond donors (Lipinski definition) is 1. The third kappa shape index (κ3) is 4.44. The highest BCUT2D eigenvalue weighted by Gasteiger charge is 2.31. The molecule has 1 atom stereocenters. The standard InChI is InChI=1S/C22H35N3O3/c1-17(23-11-3-2-4-12-23)20-5-6-21(28-20)22(27)25-13-7-18(8-14-25)24-15-9-19(26)10-16-24/h5-6,17-19,26H,2-4,7-16H2,1H3/t17-/m0/s1. The fourth-order valence-corrected chi connectivity index (χ4v) is 5.02. The van der Waals surface area contributed by atoms with E-state index < -0.39 is 0 Å². The van der Waals surface area contributed by atoms with Crippen molar-refractivity contribution in [2.24, 2.45) is 0 Å². The monoisotopic (exact) mass is 389 g/mol. The quantitative estimate of drug-likeness (QED) is 0.858. The molecule has 3 fully saturated rings. The second kappa shape index (κ2) is 8.97. The van der Waals surface area contributed by atoms with E-state index in [1.165, 1.54) is 19.3 Å². The van der Waals surface area contributed by atoms with Crippen LogP contribution in [0.2, 0.25) is 0 Å². The maximum absolute atomic E-state index is 12.9. The second-order valence-corrected chi connectivity index (χ2v) is 8.77. The average molecular weight is 390 g/mol. The number of amides is 1. The number of piperidine rings is 3. The van der Waals surface area contributed by atoms with Gasteiger partial charge in [0.15, 0.2) is 5.76 Å². The van der Waals surface area contributed by atoms with Crippen LogP contribution in [0.4, 0.5) is 0 Å². The lowest BCUT2D eigenvalue weighted by Gasteiger charge is -2.40. The number of carbonyl (C=O) groups excluding carboxylic acids is 1. The Morgan fingerprint density at radius 1 is 1.00 bits per heavy atom. The van der Waals surface area contributed by atoms with Crippen LogP contribution < -0.4 is 0 Å². The molecule has 0 radical (unpaired) electrons. The summed E-state index contributed by atoms with van der Waals surface area (Å²) < 4.78 is 6.00. The van der Waals surface area contributed by atoms with Crippen molar-refractivity contribution in [3.63, 3.8) is 0 Å². The first-order chi connectivity index (χ1) is 13.6. The van der Waals surface area contributed by atoms with Crippen molar-refractivity contribution in [1.29, 1.82) is 0 Å². The summed E-state index contributed by atoms with van der Waals surface area (Å²) in [5.41, 5.74) is 0. The van der Waals surface area contributed by atoms with Crippen LogP contribution >= 0.6 is 0 Å². The van der Waals surface area contributed by atoms with E-state index in [0.717, 1.165) is 70.7 Å². The number of furan rings is 1. The van der Waals surface area contributed by atoms with Gasteiger partial charge in [-0.1, -0.05) is 6.42 Å². The van der Waals surface area contributed by atoms with E-state index in [-0.39, 0.29) is 18.1 Å². The molecule has 3 aliphatic heterocycles. The van der Waals surface area contributed by atoms with Crippen molar-refractivity contribution < 1.29 is 14.3 Å². The Kier molecular flexibility index (Phi) is 6.38. The van der Waals surface area contributed by atoms with Gasteiger partial charge in [-0.2, -0.15) is 0 Å². The zero-order valence-electron chi connectivity index (χ0n) is 17.2. The molecule has 0 saturated carbocycles. The number of aliphatic hydroxyl groups excluding tert-OH is 1. The van der Waals surface area contributed by atoms with Crippen LogP contribution in [0.3, 0.4) is 0 Å². The van der Waals surface area contributed by atoms with Gasteiger partial charge in [0.25, 0.3) is 5.91 Å². The number of likely N-dealkylation sites (tertiary alicyclic amines) is 3. The van der Waals surface area contributed by atoms with Crippen LogP contribution in [-0.4, -0.2) is 77.1 Å². The number of aliphatic hydroxyl groups is 1. The van der Waals surface area contributed by atoms with Crippen LogP contribution in [0.15, 0.2) is 16.5 Å². The Balaban J connectivity index is 1.30. The fraction of sp³-hybridized carbons (Fsp3) is 0.773. The lowest BCUT2D eigenvalue weighted by Crippen LogP contribution is -2.49. The number of hydrogen-bond acceptors (Lipinski definition) is 5. The molecule has 1 amide bonds. The normalized spacial score (nSPS) is 25.1. The molecule has 4 rings (SSSR count). The number of rotatable bonds is 4. The Morgan fingerprint density at radius 3 is 2.36 bits per heavy atom. The number of nitrogens with zero attached hydrogens (tertiary/aromatic N) is 3. The van der Waals surface area contributed by atoms with Crippen molar-refractivity contribution >= 4 is 5.91 Å². The van der Waals surface area contributed by atoms with Crippen molar-refractivity contribution in [3.05, 3.63) is 23.7 Å². The van der Waals surface area contributed by atoms with Crippen LogP contribution in [0.25, 0.3) is 0 Å². The molecule has 0 aromatic carbocycles. The summed E-state index contributed by atoms with van der Waals surface area (Å²) in [5.74, 6) is 1.43. The summed E-state index contributed by atoms with van der Waals surface area (Å²) in [5, 5.41) is 9.70. The molecule has 0 spiro atoms. The highest BCUT2D eigenvalue weighted by atomic mass is 16.4. The van der Waals surface area contributed by atoms with Gasteiger partial charge in [-0.3, -0.25) is 9.69 Å². The molecule has 3 aliphatic rings. The van der Waals surface area contributed by atoms with Crippen molar-refractivity contribution in [1.82, 2.24) is 14.7 Å². The molecule has 1 aromatic heterocycles. The third-order valence-electron chi connectivity index (χ3n) is 6.95. The molecule has 156 valence electrons. The van der Waals surface area contributed by atoms with Crippen LogP contribution in [-0.2, 0) is 0 Å². The topological polar surface area (TPSA) is 60.2 Å². The van der Waals surface area contributed by atoms with Gasteiger partial charge in [0.2, 0.25) is 0 Å². The van der Waals surface area contributed by atoms with E-state index in [1.807, 2.05) is 17.0 Å². The largest absolute Gasteiger partial charge is 0.454 e. The minimum Gasteiger partial charge on any atom is -0.454 e.